The Morgan fingerprint density at radius 3 is 2.94 bits per heavy atom. The number of rotatable bonds is 3. The Kier molecular flexibility index (Phi) is 3.00. The molecule has 0 bridgehead atoms. The summed E-state index contributed by atoms with van der Waals surface area (Å²) in [5, 5.41) is 0. The third-order valence-electron chi connectivity index (χ3n) is 3.65. The number of carbonyl (C=O) groups excluding carboxylic acids is 1. The molecule has 1 aliphatic carbocycles. The van der Waals surface area contributed by atoms with Gasteiger partial charge in [-0.05, 0) is 30.9 Å². The summed E-state index contributed by atoms with van der Waals surface area (Å²) >= 11 is 0. The largest absolute Gasteiger partial charge is 0.273 e. The molecule has 0 radical (unpaired) electrons. The second-order valence-electron chi connectivity index (χ2n) is 4.99. The van der Waals surface area contributed by atoms with Gasteiger partial charge in [-0.1, -0.05) is 25.0 Å². The van der Waals surface area contributed by atoms with Gasteiger partial charge >= 0.3 is 0 Å². The van der Waals surface area contributed by atoms with Crippen LogP contribution in [0.5, 0.6) is 0 Å². The van der Waals surface area contributed by atoms with E-state index in [0.29, 0.717) is 12.3 Å². The second-order valence-corrected chi connectivity index (χ2v) is 4.99. The van der Waals surface area contributed by atoms with Crippen molar-refractivity contribution in [3.05, 3.63) is 30.6 Å². The molecule has 1 aromatic heterocycles. The minimum atomic E-state index is 0.0880. The first-order chi connectivity index (χ1) is 8.83. The summed E-state index contributed by atoms with van der Waals surface area (Å²) in [4.78, 5) is 16.2. The highest BCUT2D eigenvalue weighted by Gasteiger charge is 2.18. The first kappa shape index (κ1) is 11.3. The Labute approximate surface area is 106 Å². The van der Waals surface area contributed by atoms with Crippen LogP contribution in [-0.4, -0.2) is 15.6 Å². The molecule has 1 heterocycles. The molecule has 1 aromatic carbocycles. The lowest BCUT2D eigenvalue weighted by molar-refractivity contribution is -0.117. The zero-order valence-electron chi connectivity index (χ0n) is 10.3. The lowest BCUT2D eigenvalue weighted by Gasteiger charge is -2.10. The summed E-state index contributed by atoms with van der Waals surface area (Å²) in [6, 6.07) is 7.79. The Hall–Kier alpha value is -1.84. The number of carbonyl (C=O) groups is 1. The van der Waals surface area contributed by atoms with E-state index in [1.54, 1.807) is 11.0 Å². The summed E-state index contributed by atoms with van der Waals surface area (Å²) in [6.07, 6.45) is 7.22. The Bertz CT molecular complexity index is 555. The maximum Gasteiger partial charge on any atom is 0.239 e. The smallest absolute Gasteiger partial charge is 0.239 e. The fraction of sp³-hybridized carbons (Fsp3) is 0.429. The molecule has 0 unspecified atom stereocenters. The number of hydrogen-bond acceptors (Lipinski definition) is 2. The molecule has 3 rings (SSSR count). The average molecular weight is 243 g/mol. The molecule has 4 heteroatoms. The second kappa shape index (κ2) is 4.80. The van der Waals surface area contributed by atoms with Gasteiger partial charge in [0.05, 0.1) is 11.0 Å². The molecule has 94 valence electrons. The Morgan fingerprint density at radius 1 is 1.33 bits per heavy atom. The van der Waals surface area contributed by atoms with E-state index in [-0.39, 0.29) is 5.91 Å². The summed E-state index contributed by atoms with van der Waals surface area (Å²) in [5.74, 6) is 0.657. The molecular weight excluding hydrogens is 226 g/mol. The van der Waals surface area contributed by atoms with Crippen LogP contribution in [0.1, 0.15) is 32.1 Å². The molecule has 1 N–H and O–H groups in total. The monoisotopic (exact) mass is 243 g/mol. The SMILES string of the molecule is O=C(CC1CCCC1)Nn1cnc2ccccc21. The highest BCUT2D eigenvalue weighted by molar-refractivity contribution is 5.86. The minimum absolute atomic E-state index is 0.0880. The van der Waals surface area contributed by atoms with Crippen molar-refractivity contribution in [3.63, 3.8) is 0 Å². The quantitative estimate of drug-likeness (QED) is 0.901. The van der Waals surface area contributed by atoms with Crippen LogP contribution in [0.2, 0.25) is 0 Å². The fourth-order valence-corrected chi connectivity index (χ4v) is 2.70. The molecule has 0 spiro atoms. The molecule has 0 aliphatic heterocycles. The molecule has 1 fully saturated rings. The highest BCUT2D eigenvalue weighted by Crippen LogP contribution is 2.27. The van der Waals surface area contributed by atoms with Crippen molar-refractivity contribution < 1.29 is 4.79 Å². The van der Waals surface area contributed by atoms with E-state index in [4.69, 9.17) is 0 Å². The summed E-state index contributed by atoms with van der Waals surface area (Å²) < 4.78 is 1.71. The predicted octanol–water partition coefficient (Wildman–Crippen LogP) is 2.69. The molecule has 18 heavy (non-hydrogen) atoms. The van der Waals surface area contributed by atoms with Crippen molar-refractivity contribution in [3.8, 4) is 0 Å². The fourth-order valence-electron chi connectivity index (χ4n) is 2.70. The van der Waals surface area contributed by atoms with Crippen molar-refractivity contribution in [2.75, 3.05) is 5.43 Å². The number of nitrogens with one attached hydrogen (secondary N) is 1. The molecule has 1 amide bonds. The number of para-hydroxylation sites is 2. The average Bonchev–Trinajstić information content (AvgIpc) is 3.00. The van der Waals surface area contributed by atoms with Gasteiger partial charge in [-0.15, -0.1) is 0 Å². The lowest BCUT2D eigenvalue weighted by atomic mass is 10.0. The molecule has 0 saturated heterocycles. The third kappa shape index (κ3) is 2.23. The molecule has 2 aromatic rings. The van der Waals surface area contributed by atoms with Gasteiger partial charge in [0.15, 0.2) is 0 Å². The highest BCUT2D eigenvalue weighted by atomic mass is 16.2. The van der Waals surface area contributed by atoms with Crippen molar-refractivity contribution in [2.24, 2.45) is 5.92 Å². The maximum absolute atomic E-state index is 12.0. The third-order valence-corrected chi connectivity index (χ3v) is 3.65. The van der Waals surface area contributed by atoms with Gasteiger partial charge in [-0.25, -0.2) is 9.66 Å². The lowest BCUT2D eigenvalue weighted by Crippen LogP contribution is -2.23. The summed E-state index contributed by atoms with van der Waals surface area (Å²) in [6.45, 7) is 0. The van der Waals surface area contributed by atoms with Crippen LogP contribution in [0.25, 0.3) is 11.0 Å². The van der Waals surface area contributed by atoms with E-state index in [2.05, 4.69) is 10.4 Å². The number of benzene rings is 1. The van der Waals surface area contributed by atoms with Gasteiger partial charge < -0.3 is 0 Å². The Balaban J connectivity index is 1.70. The Morgan fingerprint density at radius 2 is 2.11 bits per heavy atom. The van der Waals surface area contributed by atoms with Crippen LogP contribution >= 0.6 is 0 Å². The van der Waals surface area contributed by atoms with E-state index in [1.165, 1.54) is 25.7 Å². The number of nitrogens with zero attached hydrogens (tertiary/aromatic N) is 2. The van der Waals surface area contributed by atoms with Crippen LogP contribution in [0.3, 0.4) is 0 Å². The van der Waals surface area contributed by atoms with Crippen molar-refractivity contribution in [1.29, 1.82) is 0 Å². The van der Waals surface area contributed by atoms with E-state index in [1.807, 2.05) is 24.3 Å². The number of imidazole rings is 1. The molecular formula is C14H17N3O. The predicted molar refractivity (Wildman–Crippen MR) is 70.7 cm³/mol. The molecule has 4 nitrogen and oxygen atoms in total. The zero-order valence-corrected chi connectivity index (χ0v) is 10.3. The van der Waals surface area contributed by atoms with Gasteiger partial charge in [-0.2, -0.15) is 0 Å². The summed E-state index contributed by atoms with van der Waals surface area (Å²) in [5.41, 5.74) is 4.75. The molecule has 1 aliphatic rings. The summed E-state index contributed by atoms with van der Waals surface area (Å²) in [7, 11) is 0. The van der Waals surface area contributed by atoms with Gasteiger partial charge in [0.25, 0.3) is 0 Å². The van der Waals surface area contributed by atoms with Crippen LogP contribution < -0.4 is 5.43 Å². The maximum atomic E-state index is 12.0. The number of fused-ring (bicyclic) bond motifs is 1. The van der Waals surface area contributed by atoms with Crippen LogP contribution in [-0.2, 0) is 4.79 Å². The van der Waals surface area contributed by atoms with Crippen LogP contribution in [0.15, 0.2) is 30.6 Å². The number of hydrogen-bond donors (Lipinski definition) is 1. The minimum Gasteiger partial charge on any atom is -0.273 e. The van der Waals surface area contributed by atoms with E-state index < -0.39 is 0 Å². The van der Waals surface area contributed by atoms with Gasteiger partial charge in [0, 0.05) is 6.42 Å². The number of amides is 1. The number of aromatic nitrogens is 2. The van der Waals surface area contributed by atoms with E-state index in [9.17, 15) is 4.79 Å². The van der Waals surface area contributed by atoms with Gasteiger partial charge in [-0.3, -0.25) is 10.2 Å². The van der Waals surface area contributed by atoms with Crippen molar-refractivity contribution >= 4 is 16.9 Å². The molecule has 1 saturated carbocycles. The van der Waals surface area contributed by atoms with Crippen molar-refractivity contribution in [2.45, 2.75) is 32.1 Å². The van der Waals surface area contributed by atoms with Crippen LogP contribution in [0, 0.1) is 5.92 Å². The van der Waals surface area contributed by atoms with E-state index >= 15 is 0 Å². The first-order valence-electron chi connectivity index (χ1n) is 6.55. The standard InChI is InChI=1S/C14H17N3O/c18-14(9-11-5-1-2-6-11)16-17-10-15-12-7-3-4-8-13(12)17/h3-4,7-8,10-11H,1-2,5-6,9H2,(H,16,18). The normalized spacial score (nSPS) is 16.2. The van der Waals surface area contributed by atoms with Gasteiger partial charge in [0.2, 0.25) is 5.91 Å². The van der Waals surface area contributed by atoms with Crippen LogP contribution in [0.4, 0.5) is 0 Å². The zero-order chi connectivity index (χ0) is 12.4. The first-order valence-corrected chi connectivity index (χ1v) is 6.55. The molecule has 0 atom stereocenters. The van der Waals surface area contributed by atoms with E-state index in [0.717, 1.165) is 11.0 Å². The topological polar surface area (TPSA) is 46.9 Å². The van der Waals surface area contributed by atoms with Crippen molar-refractivity contribution in [1.82, 2.24) is 9.66 Å². The van der Waals surface area contributed by atoms with Gasteiger partial charge in [0.1, 0.15) is 6.33 Å².